The molecule has 3 heterocycles. The number of hydrogen-bond donors (Lipinski definition) is 3. The van der Waals surface area contributed by atoms with Gasteiger partial charge in [-0.1, -0.05) is 36.4 Å². The van der Waals surface area contributed by atoms with Crippen LogP contribution in [0.5, 0.6) is 0 Å². The number of likely N-dealkylation sites (tertiary alicyclic amines) is 2. The largest absolute Gasteiger partial charge is 0.490 e. The number of piperidine rings is 1. The minimum atomic E-state index is -5.08. The summed E-state index contributed by atoms with van der Waals surface area (Å²) in [6.45, 7) is 7.58. The van der Waals surface area contributed by atoms with Crippen LogP contribution >= 0.6 is 0 Å². The van der Waals surface area contributed by atoms with Crippen LogP contribution in [0.1, 0.15) is 24.1 Å². The summed E-state index contributed by atoms with van der Waals surface area (Å²) in [6, 6.07) is 17.1. The summed E-state index contributed by atoms with van der Waals surface area (Å²) in [6.07, 6.45) is -10.8. The number of carbonyl (C=O) groups is 3. The summed E-state index contributed by atoms with van der Waals surface area (Å²) < 4.78 is 101. The van der Waals surface area contributed by atoms with E-state index in [1.807, 2.05) is 19.4 Å². The monoisotopic (exact) mass is 707 g/mol. The van der Waals surface area contributed by atoms with Crippen molar-refractivity contribution in [3.63, 3.8) is 0 Å². The lowest BCUT2D eigenvalue weighted by atomic mass is 9.71. The molecule has 10 nitrogen and oxygen atoms in total. The number of pyridine rings is 1. The molecule has 2 aromatic rings. The first-order chi connectivity index (χ1) is 22.1. The molecule has 3 N–H and O–H groups in total. The second kappa shape index (κ2) is 18.5. The van der Waals surface area contributed by atoms with Crippen molar-refractivity contribution < 1.29 is 74.0 Å². The van der Waals surface area contributed by atoms with Crippen molar-refractivity contribution in [3.05, 3.63) is 66.0 Å². The standard InChI is InChI=1S/C23H31N3O.3C2HF3O2/c1-27-18-21-16-26(17-22-9-5-6-12-24-22)19-23(21)10-13-25(14-11-23)15-20-7-3-2-4-8-20;3*3-2(4,5)1(6)7/h2-9,12,21H,10-11,13-19H2,1H3;3*(H,6,7). The van der Waals surface area contributed by atoms with E-state index < -0.39 is 36.4 Å². The topological polar surface area (TPSA) is 140 Å². The molecule has 0 radical (unpaired) electrons. The average Bonchev–Trinajstić information content (AvgIpc) is 3.30. The van der Waals surface area contributed by atoms with Gasteiger partial charge in [0.1, 0.15) is 0 Å². The van der Waals surface area contributed by atoms with E-state index in [9.17, 15) is 39.5 Å². The number of halogens is 9. The highest BCUT2D eigenvalue weighted by Gasteiger charge is 2.47. The first-order valence-corrected chi connectivity index (χ1v) is 13.9. The zero-order valence-electron chi connectivity index (χ0n) is 25.4. The van der Waals surface area contributed by atoms with E-state index in [-0.39, 0.29) is 0 Å². The molecule has 19 heteroatoms. The van der Waals surface area contributed by atoms with Gasteiger partial charge < -0.3 is 20.1 Å². The van der Waals surface area contributed by atoms with Crippen molar-refractivity contribution in [2.45, 2.75) is 44.5 Å². The summed E-state index contributed by atoms with van der Waals surface area (Å²) in [5.41, 5.74) is 3.00. The molecule has 0 aliphatic carbocycles. The molecule has 1 aromatic heterocycles. The third-order valence-electron chi connectivity index (χ3n) is 7.19. The number of alkyl halides is 9. The van der Waals surface area contributed by atoms with Crippen molar-refractivity contribution in [1.29, 1.82) is 0 Å². The number of ether oxygens (including phenoxy) is 1. The Morgan fingerprint density at radius 1 is 0.771 bits per heavy atom. The third kappa shape index (κ3) is 15.3. The van der Waals surface area contributed by atoms with Crippen molar-refractivity contribution in [2.75, 3.05) is 39.9 Å². The van der Waals surface area contributed by atoms with Crippen LogP contribution in [0.15, 0.2) is 54.7 Å². The van der Waals surface area contributed by atoms with Crippen LogP contribution < -0.4 is 0 Å². The molecular weight excluding hydrogens is 673 g/mol. The van der Waals surface area contributed by atoms with E-state index in [0.29, 0.717) is 11.3 Å². The lowest BCUT2D eigenvalue weighted by Gasteiger charge is -2.42. The van der Waals surface area contributed by atoms with Gasteiger partial charge in [0.2, 0.25) is 0 Å². The molecule has 48 heavy (non-hydrogen) atoms. The van der Waals surface area contributed by atoms with Gasteiger partial charge in [0.15, 0.2) is 0 Å². The van der Waals surface area contributed by atoms with E-state index in [1.165, 1.54) is 43.7 Å². The molecule has 2 fully saturated rings. The zero-order valence-corrected chi connectivity index (χ0v) is 25.4. The number of rotatable bonds is 6. The van der Waals surface area contributed by atoms with Gasteiger partial charge in [0.05, 0.1) is 12.3 Å². The number of carboxylic acid groups (broad SMARTS) is 3. The highest BCUT2D eigenvalue weighted by atomic mass is 19.4. The number of aromatic nitrogens is 1. The fourth-order valence-electron chi connectivity index (χ4n) is 4.98. The van der Waals surface area contributed by atoms with Crippen LogP contribution in [0.25, 0.3) is 0 Å². The van der Waals surface area contributed by atoms with E-state index in [2.05, 4.69) is 57.2 Å². The molecule has 1 unspecified atom stereocenters. The van der Waals surface area contributed by atoms with Gasteiger partial charge in [-0.05, 0) is 49.0 Å². The van der Waals surface area contributed by atoms with Gasteiger partial charge in [0.25, 0.3) is 0 Å². The number of benzene rings is 1. The molecule has 0 saturated carbocycles. The Bertz CT molecular complexity index is 1210. The van der Waals surface area contributed by atoms with Gasteiger partial charge >= 0.3 is 36.4 Å². The van der Waals surface area contributed by atoms with E-state index in [4.69, 9.17) is 34.4 Å². The smallest absolute Gasteiger partial charge is 0.475 e. The number of nitrogens with zero attached hydrogens (tertiary/aromatic N) is 3. The fraction of sp³-hybridized carbons (Fsp3) is 0.517. The Labute approximate surface area is 268 Å². The number of methoxy groups -OCH3 is 1. The highest BCUT2D eigenvalue weighted by Crippen LogP contribution is 2.45. The maximum atomic E-state index is 10.6. The van der Waals surface area contributed by atoms with Crippen molar-refractivity contribution >= 4 is 17.9 Å². The second-order valence-corrected chi connectivity index (χ2v) is 10.7. The van der Waals surface area contributed by atoms with Crippen molar-refractivity contribution in [1.82, 2.24) is 14.8 Å². The molecule has 2 saturated heterocycles. The summed E-state index contributed by atoms with van der Waals surface area (Å²) in [5.74, 6) is -7.64. The summed E-state index contributed by atoms with van der Waals surface area (Å²) >= 11 is 0. The predicted molar refractivity (Wildman–Crippen MR) is 149 cm³/mol. The minimum Gasteiger partial charge on any atom is -0.475 e. The van der Waals surface area contributed by atoms with Crippen LogP contribution in [-0.4, -0.2) is 106 Å². The molecule has 1 atom stereocenters. The Morgan fingerprint density at radius 2 is 1.23 bits per heavy atom. The van der Waals surface area contributed by atoms with Crippen LogP contribution in [0.2, 0.25) is 0 Å². The van der Waals surface area contributed by atoms with E-state index in [0.717, 1.165) is 26.2 Å². The van der Waals surface area contributed by atoms with E-state index in [1.54, 1.807) is 0 Å². The predicted octanol–water partition coefficient (Wildman–Crippen LogP) is 5.34. The van der Waals surface area contributed by atoms with E-state index >= 15 is 0 Å². The van der Waals surface area contributed by atoms with Gasteiger partial charge in [-0.3, -0.25) is 14.8 Å². The Kier molecular flexibility index (Phi) is 16.2. The van der Waals surface area contributed by atoms with Crippen LogP contribution in [0, 0.1) is 11.3 Å². The lowest BCUT2D eigenvalue weighted by molar-refractivity contribution is -0.193. The normalized spacial score (nSPS) is 17.9. The summed E-state index contributed by atoms with van der Waals surface area (Å²) in [4.78, 5) is 36.4. The zero-order chi connectivity index (χ0) is 36.8. The third-order valence-corrected chi connectivity index (χ3v) is 7.19. The molecule has 4 rings (SSSR count). The number of carboxylic acids is 3. The van der Waals surface area contributed by atoms with Crippen LogP contribution in [0.3, 0.4) is 0 Å². The van der Waals surface area contributed by atoms with Crippen LogP contribution in [-0.2, 0) is 32.2 Å². The van der Waals surface area contributed by atoms with Crippen molar-refractivity contribution in [3.8, 4) is 0 Å². The number of aliphatic carboxylic acids is 3. The maximum Gasteiger partial charge on any atom is 0.490 e. The second-order valence-electron chi connectivity index (χ2n) is 10.7. The first-order valence-electron chi connectivity index (χ1n) is 13.9. The average molecular weight is 708 g/mol. The molecule has 0 bridgehead atoms. The molecule has 1 spiro atoms. The fourth-order valence-corrected chi connectivity index (χ4v) is 4.98. The number of hydrogen-bond acceptors (Lipinski definition) is 7. The molecule has 270 valence electrons. The molecule has 2 aliphatic heterocycles. The maximum absolute atomic E-state index is 10.6. The SMILES string of the molecule is COCC1CN(Cc2ccccn2)CC12CCN(Cc1ccccc1)CC2.O=C(O)C(F)(F)F.O=C(O)C(F)(F)F.O=C(O)C(F)(F)F. The molecular formula is C29H34F9N3O7. The molecule has 1 aromatic carbocycles. The Hall–Kier alpha value is -3.97. The lowest BCUT2D eigenvalue weighted by Crippen LogP contribution is -2.44. The Morgan fingerprint density at radius 3 is 1.62 bits per heavy atom. The highest BCUT2D eigenvalue weighted by molar-refractivity contribution is 5.73. The molecule has 2 aliphatic rings. The minimum absolute atomic E-state index is 0.401. The summed E-state index contributed by atoms with van der Waals surface area (Å²) in [5, 5.41) is 21.4. The first kappa shape index (κ1) is 42.1. The Balaban J connectivity index is 0.000000448. The van der Waals surface area contributed by atoms with Gasteiger partial charge in [-0.2, -0.15) is 39.5 Å². The quantitative estimate of drug-likeness (QED) is 0.337. The van der Waals surface area contributed by atoms with Gasteiger partial charge in [-0.15, -0.1) is 0 Å². The van der Waals surface area contributed by atoms with Crippen LogP contribution in [0.4, 0.5) is 39.5 Å². The van der Waals surface area contributed by atoms with Gasteiger partial charge in [-0.25, -0.2) is 14.4 Å². The molecule has 0 amide bonds. The summed E-state index contributed by atoms with van der Waals surface area (Å²) in [7, 11) is 1.85. The van der Waals surface area contributed by atoms with Crippen molar-refractivity contribution in [2.24, 2.45) is 11.3 Å². The van der Waals surface area contributed by atoms with Gasteiger partial charge in [0, 0.05) is 45.4 Å².